The third kappa shape index (κ3) is 8.44. The van der Waals surface area contributed by atoms with Crippen LogP contribution in [0.2, 0.25) is 0 Å². The largest absolute Gasteiger partial charge is 0.338 e. The minimum atomic E-state index is -0.351. The highest BCUT2D eigenvalue weighted by atomic mass is 19.1. The molecule has 0 saturated carbocycles. The Hall–Kier alpha value is -2.73. The van der Waals surface area contributed by atoms with E-state index in [1.807, 2.05) is 54.0 Å². The Kier molecular flexibility index (Phi) is 10.5. The lowest BCUT2D eigenvalue weighted by Crippen LogP contribution is -2.40. The lowest BCUT2D eigenvalue weighted by molar-refractivity contribution is -0.131. The van der Waals surface area contributed by atoms with Crippen LogP contribution in [0.5, 0.6) is 0 Å². The molecule has 1 aliphatic rings. The number of hydrogen-bond donors (Lipinski definition) is 0. The van der Waals surface area contributed by atoms with Gasteiger partial charge in [-0.1, -0.05) is 58.0 Å². The van der Waals surface area contributed by atoms with E-state index in [0.717, 1.165) is 43.7 Å². The quantitative estimate of drug-likeness (QED) is 0.529. The molecule has 0 atom stereocenters. The molecule has 2 aromatic rings. The fourth-order valence-corrected chi connectivity index (χ4v) is 4.91. The molecule has 0 spiro atoms. The van der Waals surface area contributed by atoms with E-state index in [1.54, 1.807) is 6.07 Å². The van der Waals surface area contributed by atoms with Crippen LogP contribution in [0.15, 0.2) is 48.5 Å². The molecule has 3 rings (SSSR count). The van der Waals surface area contributed by atoms with Gasteiger partial charge >= 0.3 is 0 Å². The molecule has 2 amide bonds. The molecule has 0 N–H and O–H groups in total. The molecule has 36 heavy (non-hydrogen) atoms. The summed E-state index contributed by atoms with van der Waals surface area (Å²) in [6.45, 7) is 12.7. The van der Waals surface area contributed by atoms with Crippen LogP contribution in [0.1, 0.15) is 58.1 Å². The predicted octanol–water partition coefficient (Wildman–Crippen LogP) is 5.53. The second-order valence-corrected chi connectivity index (χ2v) is 10.8. The van der Waals surface area contributed by atoms with Crippen molar-refractivity contribution in [3.8, 4) is 0 Å². The topological polar surface area (TPSA) is 43.9 Å². The normalized spacial score (nSPS) is 16.0. The number of carbonyl (C=O) groups is 2. The minimum absolute atomic E-state index is 0.0175. The number of amides is 2. The van der Waals surface area contributed by atoms with E-state index in [1.165, 1.54) is 12.1 Å². The number of hydrogen-bond acceptors (Lipinski definition) is 3. The Morgan fingerprint density at radius 2 is 1.56 bits per heavy atom. The Bertz CT molecular complexity index is 993. The lowest BCUT2D eigenvalue weighted by Gasteiger charge is -2.32. The van der Waals surface area contributed by atoms with E-state index in [0.29, 0.717) is 37.4 Å². The van der Waals surface area contributed by atoms with Crippen molar-refractivity contribution in [1.82, 2.24) is 9.80 Å². The van der Waals surface area contributed by atoms with Crippen LogP contribution < -0.4 is 4.90 Å². The van der Waals surface area contributed by atoms with Gasteiger partial charge in [0, 0.05) is 38.3 Å². The number of halogens is 1. The van der Waals surface area contributed by atoms with Crippen molar-refractivity contribution in [2.24, 2.45) is 11.8 Å². The predicted molar refractivity (Wildman–Crippen MR) is 144 cm³/mol. The highest BCUT2D eigenvalue weighted by molar-refractivity contribution is 5.94. The smallest absolute Gasteiger partial charge is 0.227 e. The maximum absolute atomic E-state index is 14.4. The number of rotatable bonds is 6. The fourth-order valence-electron chi connectivity index (χ4n) is 4.91. The van der Waals surface area contributed by atoms with E-state index in [2.05, 4.69) is 18.7 Å². The number of carbonyl (C=O) groups excluding carboxylic acids is 2. The van der Waals surface area contributed by atoms with Gasteiger partial charge in [0.1, 0.15) is 5.82 Å². The summed E-state index contributed by atoms with van der Waals surface area (Å²) >= 11 is 0. The monoisotopic (exact) mass is 495 g/mol. The Labute approximate surface area is 216 Å². The molecule has 2 aromatic carbocycles. The van der Waals surface area contributed by atoms with Crippen molar-refractivity contribution >= 4 is 17.5 Å². The number of nitrogens with zero attached hydrogens (tertiary/aromatic N) is 3. The van der Waals surface area contributed by atoms with Crippen LogP contribution in [-0.2, 0) is 22.6 Å². The van der Waals surface area contributed by atoms with E-state index in [4.69, 9.17) is 0 Å². The molecule has 5 nitrogen and oxygen atoms in total. The molecule has 0 bridgehead atoms. The zero-order chi connectivity index (χ0) is 26.1. The molecule has 0 fully saturated rings. The molecule has 1 heterocycles. The highest BCUT2D eigenvalue weighted by Crippen LogP contribution is 2.26. The van der Waals surface area contributed by atoms with E-state index in [9.17, 15) is 14.0 Å². The van der Waals surface area contributed by atoms with Gasteiger partial charge in [-0.05, 0) is 67.1 Å². The number of fused-ring (bicyclic) bond motifs is 1. The SMILES string of the molecule is CC(C)CC(=O)N1CCCN(CC(C)C)CCCN(C(=O)Cc2ccccc2)Cc2cc(F)ccc21. The Morgan fingerprint density at radius 3 is 2.22 bits per heavy atom. The summed E-state index contributed by atoms with van der Waals surface area (Å²) < 4.78 is 14.4. The highest BCUT2D eigenvalue weighted by Gasteiger charge is 2.24. The van der Waals surface area contributed by atoms with Crippen LogP contribution in [-0.4, -0.2) is 54.3 Å². The average molecular weight is 496 g/mol. The third-order valence-corrected chi connectivity index (χ3v) is 6.51. The molecule has 0 unspecified atom stereocenters. The summed E-state index contributed by atoms with van der Waals surface area (Å²) in [5, 5.41) is 0. The Morgan fingerprint density at radius 1 is 0.861 bits per heavy atom. The first-order chi connectivity index (χ1) is 17.2. The molecule has 1 aliphatic heterocycles. The molecule has 0 saturated heterocycles. The zero-order valence-electron chi connectivity index (χ0n) is 22.4. The first-order valence-corrected chi connectivity index (χ1v) is 13.4. The first-order valence-electron chi connectivity index (χ1n) is 13.4. The summed E-state index contributed by atoms with van der Waals surface area (Å²) in [6, 6.07) is 14.3. The molecule has 0 aromatic heterocycles. The van der Waals surface area contributed by atoms with Gasteiger partial charge in [0.05, 0.1) is 6.42 Å². The minimum Gasteiger partial charge on any atom is -0.338 e. The first kappa shape index (κ1) is 27.9. The molecular weight excluding hydrogens is 453 g/mol. The molecule has 196 valence electrons. The van der Waals surface area contributed by atoms with Crippen LogP contribution in [0, 0.1) is 17.7 Å². The molecule has 0 aliphatic carbocycles. The Balaban J connectivity index is 1.95. The van der Waals surface area contributed by atoms with Crippen molar-refractivity contribution in [3.05, 3.63) is 65.5 Å². The van der Waals surface area contributed by atoms with Crippen LogP contribution >= 0.6 is 0 Å². The van der Waals surface area contributed by atoms with E-state index >= 15 is 0 Å². The van der Waals surface area contributed by atoms with Gasteiger partial charge in [-0.2, -0.15) is 0 Å². The van der Waals surface area contributed by atoms with Gasteiger partial charge in [-0.25, -0.2) is 4.39 Å². The maximum atomic E-state index is 14.4. The second kappa shape index (κ2) is 13.5. The number of anilines is 1. The van der Waals surface area contributed by atoms with Crippen LogP contribution in [0.4, 0.5) is 10.1 Å². The van der Waals surface area contributed by atoms with Gasteiger partial charge < -0.3 is 14.7 Å². The van der Waals surface area contributed by atoms with Crippen molar-refractivity contribution in [2.45, 2.75) is 59.9 Å². The van der Waals surface area contributed by atoms with Gasteiger partial charge in [0.2, 0.25) is 11.8 Å². The summed E-state index contributed by atoms with van der Waals surface area (Å²) in [6.07, 6.45) is 2.44. The van der Waals surface area contributed by atoms with Crippen molar-refractivity contribution in [1.29, 1.82) is 0 Å². The standard InChI is InChI=1S/C30H42FN3O2/c1-23(2)18-30(36)34-17-9-15-32(21-24(3)4)14-8-16-33(22-26-20-27(31)12-13-28(26)34)29(35)19-25-10-6-5-7-11-25/h5-7,10-13,20,23-24H,8-9,14-19,21-22H2,1-4H3. The zero-order valence-corrected chi connectivity index (χ0v) is 22.4. The van der Waals surface area contributed by atoms with Gasteiger partial charge in [0.15, 0.2) is 0 Å². The van der Waals surface area contributed by atoms with E-state index < -0.39 is 0 Å². The van der Waals surface area contributed by atoms with Crippen molar-refractivity contribution in [3.63, 3.8) is 0 Å². The molecular formula is C30H42FN3O2. The lowest BCUT2D eigenvalue weighted by atomic mass is 10.1. The third-order valence-electron chi connectivity index (χ3n) is 6.51. The van der Waals surface area contributed by atoms with Gasteiger partial charge in [-0.15, -0.1) is 0 Å². The second-order valence-electron chi connectivity index (χ2n) is 10.8. The van der Waals surface area contributed by atoms with Crippen molar-refractivity contribution in [2.75, 3.05) is 37.6 Å². The van der Waals surface area contributed by atoms with E-state index in [-0.39, 0.29) is 30.1 Å². The summed E-state index contributed by atoms with van der Waals surface area (Å²) in [5.41, 5.74) is 2.37. The maximum Gasteiger partial charge on any atom is 0.227 e. The fraction of sp³-hybridized carbons (Fsp3) is 0.533. The summed E-state index contributed by atoms with van der Waals surface area (Å²) in [4.78, 5) is 32.9. The number of benzene rings is 2. The van der Waals surface area contributed by atoms with Gasteiger partial charge in [0.25, 0.3) is 0 Å². The summed E-state index contributed by atoms with van der Waals surface area (Å²) in [5.74, 6) is 0.479. The molecule has 6 heteroatoms. The van der Waals surface area contributed by atoms with Crippen LogP contribution in [0.3, 0.4) is 0 Å². The van der Waals surface area contributed by atoms with Crippen LogP contribution in [0.25, 0.3) is 0 Å². The van der Waals surface area contributed by atoms with Gasteiger partial charge in [-0.3, -0.25) is 9.59 Å². The average Bonchev–Trinajstić information content (AvgIpc) is 2.80. The van der Waals surface area contributed by atoms with Crippen molar-refractivity contribution < 1.29 is 14.0 Å². The molecule has 0 radical (unpaired) electrons. The summed E-state index contributed by atoms with van der Waals surface area (Å²) in [7, 11) is 0.